The molecule has 1 heterocycles. The molecule has 1 saturated heterocycles. The third-order valence-corrected chi connectivity index (χ3v) is 5.47. The van der Waals surface area contributed by atoms with Gasteiger partial charge in [-0.25, -0.2) is 4.39 Å². The van der Waals surface area contributed by atoms with Crippen LogP contribution in [0.3, 0.4) is 0 Å². The normalized spacial score (nSPS) is 23.5. The van der Waals surface area contributed by atoms with Crippen LogP contribution in [0, 0.1) is 11.7 Å². The van der Waals surface area contributed by atoms with Crippen molar-refractivity contribution < 1.29 is 14.3 Å². The molecule has 1 aliphatic heterocycles. The largest absolute Gasteiger partial charge is 0.395 e. The molecule has 0 radical (unpaired) electrons. The number of amides is 1. The Kier molecular flexibility index (Phi) is 5.85. The molecule has 1 aromatic carbocycles. The highest BCUT2D eigenvalue weighted by Crippen LogP contribution is 2.35. The van der Waals surface area contributed by atoms with Gasteiger partial charge in [-0.1, -0.05) is 25.0 Å². The number of nitrogens with zero attached hydrogens (tertiary/aromatic N) is 1. The molecular formula is C19H27FN2O2. The predicted octanol–water partition coefficient (Wildman–Crippen LogP) is 2.63. The molecule has 1 aromatic rings. The number of carbonyl (C=O) groups excluding carboxylic acids is 1. The highest BCUT2D eigenvalue weighted by Gasteiger charge is 2.30. The molecule has 1 aliphatic carbocycles. The van der Waals surface area contributed by atoms with E-state index < -0.39 is 0 Å². The summed E-state index contributed by atoms with van der Waals surface area (Å²) in [5, 5.41) is 12.6. The lowest BCUT2D eigenvalue weighted by Crippen LogP contribution is -2.43. The van der Waals surface area contributed by atoms with Gasteiger partial charge in [-0.3, -0.25) is 9.69 Å². The number of aliphatic hydroxyl groups excluding tert-OH is 1. The van der Waals surface area contributed by atoms with Crippen molar-refractivity contribution in [2.75, 3.05) is 19.7 Å². The Bertz CT molecular complexity index is 543. The number of hydrogen-bond donors (Lipinski definition) is 2. The van der Waals surface area contributed by atoms with Crippen LogP contribution in [0.25, 0.3) is 0 Å². The number of aliphatic hydroxyl groups is 1. The second-order valence-electron chi connectivity index (χ2n) is 7.09. The van der Waals surface area contributed by atoms with Crippen molar-refractivity contribution in [2.45, 2.75) is 50.6 Å². The van der Waals surface area contributed by atoms with Crippen LogP contribution in [0.1, 0.15) is 50.1 Å². The molecular weight excluding hydrogens is 307 g/mol. The van der Waals surface area contributed by atoms with Gasteiger partial charge in [0.2, 0.25) is 5.91 Å². The van der Waals surface area contributed by atoms with Crippen molar-refractivity contribution in [3.8, 4) is 0 Å². The van der Waals surface area contributed by atoms with Crippen LogP contribution in [-0.2, 0) is 4.79 Å². The van der Waals surface area contributed by atoms with E-state index in [4.69, 9.17) is 0 Å². The fourth-order valence-electron chi connectivity index (χ4n) is 4.15. The van der Waals surface area contributed by atoms with Crippen molar-refractivity contribution >= 4 is 5.91 Å². The van der Waals surface area contributed by atoms with E-state index in [1.165, 1.54) is 25.0 Å². The minimum absolute atomic E-state index is 0.00317. The van der Waals surface area contributed by atoms with Crippen LogP contribution in [0.2, 0.25) is 0 Å². The molecule has 0 bridgehead atoms. The van der Waals surface area contributed by atoms with Crippen LogP contribution < -0.4 is 5.32 Å². The van der Waals surface area contributed by atoms with Crippen molar-refractivity contribution in [2.24, 2.45) is 5.92 Å². The maximum atomic E-state index is 13.2. The zero-order valence-corrected chi connectivity index (χ0v) is 14.1. The first-order valence-corrected chi connectivity index (χ1v) is 9.07. The minimum Gasteiger partial charge on any atom is -0.395 e. The highest BCUT2D eigenvalue weighted by molar-refractivity contribution is 5.78. The molecule has 5 heteroatoms. The smallest absolute Gasteiger partial charge is 0.234 e. The first-order chi connectivity index (χ1) is 11.7. The molecule has 2 N–H and O–H groups in total. The quantitative estimate of drug-likeness (QED) is 0.841. The topological polar surface area (TPSA) is 52.6 Å². The van der Waals surface area contributed by atoms with E-state index in [1.54, 1.807) is 12.1 Å². The SMILES string of the molecule is O=C(CN1CCC[C@H]1CO)NC(c1ccc(F)cc1)C1CCCC1. The lowest BCUT2D eigenvalue weighted by Gasteiger charge is -2.28. The molecule has 1 amide bonds. The Hall–Kier alpha value is -1.46. The van der Waals surface area contributed by atoms with Gasteiger partial charge in [0.1, 0.15) is 5.82 Å². The zero-order chi connectivity index (χ0) is 16.9. The van der Waals surface area contributed by atoms with E-state index in [0.29, 0.717) is 12.5 Å². The van der Waals surface area contributed by atoms with E-state index in [0.717, 1.165) is 37.8 Å². The van der Waals surface area contributed by atoms with Crippen molar-refractivity contribution in [3.05, 3.63) is 35.6 Å². The van der Waals surface area contributed by atoms with Gasteiger partial charge in [0, 0.05) is 6.04 Å². The highest BCUT2D eigenvalue weighted by atomic mass is 19.1. The molecule has 1 unspecified atom stereocenters. The fraction of sp³-hybridized carbons (Fsp3) is 0.632. The molecule has 1 saturated carbocycles. The Balaban J connectivity index is 1.67. The number of likely N-dealkylation sites (tertiary alicyclic amines) is 1. The summed E-state index contributed by atoms with van der Waals surface area (Å²) in [6.45, 7) is 1.30. The number of carbonyl (C=O) groups is 1. The van der Waals surface area contributed by atoms with E-state index >= 15 is 0 Å². The second-order valence-corrected chi connectivity index (χ2v) is 7.09. The number of hydrogen-bond acceptors (Lipinski definition) is 3. The summed E-state index contributed by atoms with van der Waals surface area (Å²) in [5.74, 6) is 0.168. The number of nitrogens with one attached hydrogen (secondary N) is 1. The van der Waals surface area contributed by atoms with E-state index in [2.05, 4.69) is 10.2 Å². The zero-order valence-electron chi connectivity index (χ0n) is 14.1. The van der Waals surface area contributed by atoms with Crippen molar-refractivity contribution in [1.82, 2.24) is 10.2 Å². The lowest BCUT2D eigenvalue weighted by molar-refractivity contribution is -0.123. The molecule has 132 valence electrons. The minimum atomic E-state index is -0.252. The average Bonchev–Trinajstić information content (AvgIpc) is 3.25. The van der Waals surface area contributed by atoms with Gasteiger partial charge in [0.25, 0.3) is 0 Å². The number of benzene rings is 1. The molecule has 2 atom stereocenters. The van der Waals surface area contributed by atoms with Gasteiger partial charge in [0.15, 0.2) is 0 Å². The summed E-state index contributed by atoms with van der Waals surface area (Å²) in [5.41, 5.74) is 0.983. The Morgan fingerprint density at radius 1 is 1.21 bits per heavy atom. The van der Waals surface area contributed by atoms with Crippen LogP contribution in [0.4, 0.5) is 4.39 Å². The molecule has 0 aromatic heterocycles. The van der Waals surface area contributed by atoms with Gasteiger partial charge in [-0.2, -0.15) is 0 Å². The van der Waals surface area contributed by atoms with Crippen LogP contribution in [-0.4, -0.2) is 41.7 Å². The standard InChI is InChI=1S/C19H27FN2O2/c20-16-9-7-15(8-10-16)19(14-4-1-2-5-14)21-18(24)12-22-11-3-6-17(22)13-23/h7-10,14,17,19,23H,1-6,11-13H2,(H,21,24)/t17-,19?/m0/s1. The molecule has 2 fully saturated rings. The van der Waals surface area contributed by atoms with Crippen molar-refractivity contribution in [3.63, 3.8) is 0 Å². The van der Waals surface area contributed by atoms with Crippen LogP contribution in [0.5, 0.6) is 0 Å². The van der Waals surface area contributed by atoms with Crippen LogP contribution >= 0.6 is 0 Å². The van der Waals surface area contributed by atoms with Crippen LogP contribution in [0.15, 0.2) is 24.3 Å². The second kappa shape index (κ2) is 8.08. The van der Waals surface area contributed by atoms with Gasteiger partial charge in [0.05, 0.1) is 19.2 Å². The maximum absolute atomic E-state index is 13.2. The summed E-state index contributed by atoms with van der Waals surface area (Å²) in [6.07, 6.45) is 6.57. The predicted molar refractivity (Wildman–Crippen MR) is 90.9 cm³/mol. The van der Waals surface area contributed by atoms with E-state index in [-0.39, 0.29) is 30.4 Å². The fourth-order valence-corrected chi connectivity index (χ4v) is 4.15. The van der Waals surface area contributed by atoms with Gasteiger partial charge in [-0.15, -0.1) is 0 Å². The molecule has 4 nitrogen and oxygen atoms in total. The average molecular weight is 334 g/mol. The maximum Gasteiger partial charge on any atom is 0.234 e. The first kappa shape index (κ1) is 17.4. The summed E-state index contributed by atoms with van der Waals surface area (Å²) >= 11 is 0. The van der Waals surface area contributed by atoms with E-state index in [1.807, 2.05) is 0 Å². The van der Waals surface area contributed by atoms with Gasteiger partial charge in [-0.05, 0) is 55.8 Å². The third kappa shape index (κ3) is 4.14. The van der Waals surface area contributed by atoms with Gasteiger partial charge < -0.3 is 10.4 Å². The summed E-state index contributed by atoms with van der Waals surface area (Å²) in [4.78, 5) is 14.6. The van der Waals surface area contributed by atoms with E-state index in [9.17, 15) is 14.3 Å². The first-order valence-electron chi connectivity index (χ1n) is 9.07. The molecule has 0 spiro atoms. The third-order valence-electron chi connectivity index (χ3n) is 5.47. The summed E-state index contributed by atoms with van der Waals surface area (Å²) < 4.78 is 13.2. The van der Waals surface area contributed by atoms with Gasteiger partial charge >= 0.3 is 0 Å². The van der Waals surface area contributed by atoms with Crippen molar-refractivity contribution in [1.29, 1.82) is 0 Å². The Morgan fingerprint density at radius 2 is 1.92 bits per heavy atom. The Labute approximate surface area is 143 Å². The monoisotopic (exact) mass is 334 g/mol. The summed E-state index contributed by atoms with van der Waals surface area (Å²) in [7, 11) is 0. The lowest BCUT2D eigenvalue weighted by atomic mass is 9.91. The molecule has 3 rings (SSSR count). The molecule has 2 aliphatic rings. The number of rotatable bonds is 6. The Morgan fingerprint density at radius 3 is 2.58 bits per heavy atom. The number of halogens is 1. The molecule has 24 heavy (non-hydrogen) atoms. The summed E-state index contributed by atoms with van der Waals surface area (Å²) in [6, 6.07) is 6.55.